The maximum atomic E-state index is 12.0. The summed E-state index contributed by atoms with van der Waals surface area (Å²) in [7, 11) is 0. The van der Waals surface area contributed by atoms with E-state index < -0.39 is 12.4 Å². The third kappa shape index (κ3) is 3.71. The minimum Gasteiger partial charge on any atom is -0.405 e. The number of hydrogen-bond acceptors (Lipinski definition) is 2. The van der Waals surface area contributed by atoms with E-state index in [4.69, 9.17) is 5.73 Å². The van der Waals surface area contributed by atoms with Gasteiger partial charge < -0.3 is 10.5 Å². The zero-order valence-corrected chi connectivity index (χ0v) is 9.39. The molecule has 1 aromatic carbocycles. The normalized spacial score (nSPS) is 13.7. The van der Waals surface area contributed by atoms with Crippen molar-refractivity contribution in [2.75, 3.05) is 0 Å². The monoisotopic (exact) mass is 283 g/mol. The van der Waals surface area contributed by atoms with Gasteiger partial charge in [-0.05, 0) is 25.1 Å². The molecule has 1 atom stereocenters. The van der Waals surface area contributed by atoms with Crippen LogP contribution in [-0.4, -0.2) is 6.36 Å². The molecule has 0 saturated carbocycles. The number of halogens is 4. The van der Waals surface area contributed by atoms with Crippen LogP contribution in [0, 0.1) is 0 Å². The fourth-order valence-electron chi connectivity index (χ4n) is 1.09. The van der Waals surface area contributed by atoms with Crippen LogP contribution >= 0.6 is 15.9 Å². The number of benzene rings is 1. The predicted octanol–water partition coefficient (Wildman–Crippen LogP) is 3.37. The van der Waals surface area contributed by atoms with Crippen LogP contribution in [0.25, 0.3) is 0 Å². The molecule has 0 unspecified atom stereocenters. The largest absolute Gasteiger partial charge is 0.573 e. The Bertz CT molecular complexity index is 352. The molecule has 0 bridgehead atoms. The van der Waals surface area contributed by atoms with Gasteiger partial charge in [-0.1, -0.05) is 15.9 Å². The lowest BCUT2D eigenvalue weighted by Gasteiger charge is -2.15. The number of rotatable bonds is 2. The van der Waals surface area contributed by atoms with Crippen LogP contribution in [0.1, 0.15) is 18.5 Å². The minimum atomic E-state index is -4.70. The maximum absolute atomic E-state index is 12.0. The van der Waals surface area contributed by atoms with Gasteiger partial charge >= 0.3 is 6.36 Å². The lowest BCUT2D eigenvalue weighted by molar-refractivity contribution is -0.274. The standard InChI is InChI=1S/C9H9BrF3NO/c1-5(14)7-4-6(10)2-3-8(7)15-9(11,12)13/h2-5H,14H2,1H3/t5-/m1/s1. The summed E-state index contributed by atoms with van der Waals surface area (Å²) in [6.07, 6.45) is -4.70. The molecule has 1 aromatic rings. The number of hydrogen-bond donors (Lipinski definition) is 1. The fourth-order valence-corrected chi connectivity index (χ4v) is 1.47. The first-order valence-corrected chi connectivity index (χ1v) is 4.89. The van der Waals surface area contributed by atoms with Crippen molar-refractivity contribution in [2.45, 2.75) is 19.3 Å². The van der Waals surface area contributed by atoms with Crippen LogP contribution < -0.4 is 10.5 Å². The Morgan fingerprint density at radius 3 is 2.47 bits per heavy atom. The van der Waals surface area contributed by atoms with Crippen LogP contribution in [0.2, 0.25) is 0 Å². The van der Waals surface area contributed by atoms with Gasteiger partial charge in [0.1, 0.15) is 5.75 Å². The molecular weight excluding hydrogens is 275 g/mol. The van der Waals surface area contributed by atoms with Gasteiger partial charge in [-0.25, -0.2) is 0 Å². The summed E-state index contributed by atoms with van der Waals surface area (Å²) in [4.78, 5) is 0. The Morgan fingerprint density at radius 1 is 1.40 bits per heavy atom. The van der Waals surface area contributed by atoms with Gasteiger partial charge in [-0.15, -0.1) is 13.2 Å². The van der Waals surface area contributed by atoms with E-state index in [1.54, 1.807) is 6.92 Å². The van der Waals surface area contributed by atoms with Crippen molar-refractivity contribution in [3.05, 3.63) is 28.2 Å². The van der Waals surface area contributed by atoms with Crippen molar-refractivity contribution in [2.24, 2.45) is 5.73 Å². The highest BCUT2D eigenvalue weighted by Gasteiger charge is 2.32. The van der Waals surface area contributed by atoms with Crippen molar-refractivity contribution in [1.82, 2.24) is 0 Å². The van der Waals surface area contributed by atoms with Crippen molar-refractivity contribution in [3.63, 3.8) is 0 Å². The molecule has 0 amide bonds. The van der Waals surface area contributed by atoms with Gasteiger partial charge in [0.2, 0.25) is 0 Å². The van der Waals surface area contributed by atoms with Crippen LogP contribution in [0.4, 0.5) is 13.2 Å². The third-order valence-corrected chi connectivity index (χ3v) is 2.18. The summed E-state index contributed by atoms with van der Waals surface area (Å²) in [6.45, 7) is 1.59. The molecule has 1 rings (SSSR count). The van der Waals surface area contributed by atoms with E-state index >= 15 is 0 Å². The predicted molar refractivity (Wildman–Crippen MR) is 53.4 cm³/mol. The second-order valence-electron chi connectivity index (χ2n) is 3.02. The van der Waals surface area contributed by atoms with Crippen LogP contribution in [0.3, 0.4) is 0 Å². The summed E-state index contributed by atoms with van der Waals surface area (Å²) in [6, 6.07) is 3.68. The van der Waals surface area contributed by atoms with Gasteiger partial charge in [0, 0.05) is 16.1 Å². The molecule has 15 heavy (non-hydrogen) atoms. The minimum absolute atomic E-state index is 0.263. The zero-order valence-electron chi connectivity index (χ0n) is 7.81. The quantitative estimate of drug-likeness (QED) is 0.903. The van der Waals surface area contributed by atoms with E-state index in [0.717, 1.165) is 0 Å². The van der Waals surface area contributed by atoms with E-state index in [9.17, 15) is 13.2 Å². The van der Waals surface area contributed by atoms with Gasteiger partial charge in [0.15, 0.2) is 0 Å². The molecule has 0 spiro atoms. The maximum Gasteiger partial charge on any atom is 0.573 e. The Kier molecular flexibility index (Phi) is 3.62. The first-order valence-electron chi connectivity index (χ1n) is 4.10. The van der Waals surface area contributed by atoms with Crippen LogP contribution in [-0.2, 0) is 0 Å². The third-order valence-electron chi connectivity index (χ3n) is 1.69. The highest BCUT2D eigenvalue weighted by molar-refractivity contribution is 9.10. The molecule has 0 aliphatic rings. The van der Waals surface area contributed by atoms with E-state index in [-0.39, 0.29) is 5.75 Å². The molecule has 0 aliphatic carbocycles. The van der Waals surface area contributed by atoms with Gasteiger partial charge in [-0.2, -0.15) is 0 Å². The number of nitrogens with two attached hydrogens (primary N) is 1. The molecule has 0 aliphatic heterocycles. The SMILES string of the molecule is C[C@@H](N)c1cc(Br)ccc1OC(F)(F)F. The van der Waals surface area contributed by atoms with E-state index in [0.29, 0.717) is 10.0 Å². The molecule has 84 valence electrons. The first-order chi connectivity index (χ1) is 6.79. The van der Waals surface area contributed by atoms with Crippen LogP contribution in [0.15, 0.2) is 22.7 Å². The average molecular weight is 284 g/mol. The second-order valence-corrected chi connectivity index (χ2v) is 3.93. The molecule has 2 nitrogen and oxygen atoms in total. The Labute approximate surface area is 93.3 Å². The van der Waals surface area contributed by atoms with E-state index in [2.05, 4.69) is 20.7 Å². The Balaban J connectivity index is 3.06. The summed E-state index contributed by atoms with van der Waals surface area (Å²) < 4.78 is 40.5. The number of alkyl halides is 3. The van der Waals surface area contributed by atoms with Gasteiger partial charge in [0.25, 0.3) is 0 Å². The summed E-state index contributed by atoms with van der Waals surface area (Å²) in [5.74, 6) is -0.263. The molecule has 0 radical (unpaired) electrons. The van der Waals surface area contributed by atoms with Gasteiger partial charge in [0.05, 0.1) is 0 Å². The average Bonchev–Trinajstić information content (AvgIpc) is 2.05. The number of ether oxygens (including phenoxy) is 1. The first kappa shape index (κ1) is 12.3. The van der Waals surface area contributed by atoms with E-state index in [1.807, 2.05) is 0 Å². The van der Waals surface area contributed by atoms with Crippen molar-refractivity contribution in [3.8, 4) is 5.75 Å². The van der Waals surface area contributed by atoms with Crippen LogP contribution in [0.5, 0.6) is 5.75 Å². The molecule has 0 heterocycles. The lowest BCUT2D eigenvalue weighted by atomic mass is 10.1. The zero-order chi connectivity index (χ0) is 11.6. The summed E-state index contributed by atoms with van der Waals surface area (Å²) in [5, 5.41) is 0. The highest BCUT2D eigenvalue weighted by Crippen LogP contribution is 2.31. The molecular formula is C9H9BrF3NO. The topological polar surface area (TPSA) is 35.2 Å². The van der Waals surface area contributed by atoms with Crippen molar-refractivity contribution in [1.29, 1.82) is 0 Å². The Hall–Kier alpha value is -0.750. The lowest BCUT2D eigenvalue weighted by Crippen LogP contribution is -2.19. The Morgan fingerprint density at radius 2 is 2.00 bits per heavy atom. The molecule has 0 saturated heterocycles. The van der Waals surface area contributed by atoms with Crippen molar-refractivity contribution < 1.29 is 17.9 Å². The fraction of sp³-hybridized carbons (Fsp3) is 0.333. The molecule has 0 fully saturated rings. The molecule has 2 N–H and O–H groups in total. The molecule has 6 heteroatoms. The summed E-state index contributed by atoms with van der Waals surface area (Å²) >= 11 is 3.15. The molecule has 0 aromatic heterocycles. The van der Waals surface area contributed by atoms with Gasteiger partial charge in [-0.3, -0.25) is 0 Å². The smallest absolute Gasteiger partial charge is 0.405 e. The van der Waals surface area contributed by atoms with E-state index in [1.165, 1.54) is 18.2 Å². The second kappa shape index (κ2) is 4.40. The highest BCUT2D eigenvalue weighted by atomic mass is 79.9. The summed E-state index contributed by atoms with van der Waals surface area (Å²) in [5.41, 5.74) is 5.84. The van der Waals surface area contributed by atoms with Crippen molar-refractivity contribution >= 4 is 15.9 Å².